The highest BCUT2D eigenvalue weighted by atomic mass is 79.9. The average molecular weight is 405 g/mol. The Kier molecular flexibility index (Phi) is 5.48. The zero-order chi connectivity index (χ0) is 14.6. The van der Waals surface area contributed by atoms with Gasteiger partial charge in [-0.25, -0.2) is 0 Å². The Hall–Kier alpha value is -0.960. The lowest BCUT2D eigenvalue weighted by Crippen LogP contribution is -2.40. The summed E-state index contributed by atoms with van der Waals surface area (Å²) >= 11 is 6.43. The molecule has 9 heteroatoms. The number of alkyl halides is 3. The molecule has 19 heavy (non-hydrogen) atoms. The molecule has 4 nitrogen and oxygen atoms in total. The van der Waals surface area contributed by atoms with Gasteiger partial charge in [-0.15, -0.1) is 0 Å². The summed E-state index contributed by atoms with van der Waals surface area (Å²) in [6.45, 7) is -0.541. The van der Waals surface area contributed by atoms with E-state index < -0.39 is 24.5 Å². The van der Waals surface area contributed by atoms with Crippen LogP contribution in [0.3, 0.4) is 0 Å². The van der Waals surface area contributed by atoms with Crippen molar-refractivity contribution in [3.8, 4) is 0 Å². The Bertz CT molecular complexity index is 459. The molecule has 106 valence electrons. The molecule has 0 radical (unpaired) electrons. The number of amidine groups is 1. The van der Waals surface area contributed by atoms with Gasteiger partial charge in [-0.2, -0.15) is 13.2 Å². The number of nitrogens with one attached hydrogen (secondary N) is 1. The number of oxime groups is 1. The minimum atomic E-state index is -4.60. The van der Waals surface area contributed by atoms with Crippen molar-refractivity contribution in [2.75, 3.05) is 11.9 Å². The van der Waals surface area contributed by atoms with Crippen molar-refractivity contribution in [3.63, 3.8) is 0 Å². The van der Waals surface area contributed by atoms with Crippen LogP contribution in [-0.2, 0) is 0 Å². The van der Waals surface area contributed by atoms with Crippen molar-refractivity contribution in [1.82, 2.24) is 0 Å². The van der Waals surface area contributed by atoms with Crippen LogP contribution in [0.1, 0.15) is 0 Å². The monoisotopic (exact) mass is 403 g/mol. The number of hydrogen-bond acceptors (Lipinski definition) is 3. The SMILES string of the molecule is N/C(=N/O)C(CNc1c(Br)cccc1Br)C(F)(F)F. The Morgan fingerprint density at radius 1 is 1.37 bits per heavy atom. The third-order valence-electron chi connectivity index (χ3n) is 2.31. The summed E-state index contributed by atoms with van der Waals surface area (Å²) in [5.41, 5.74) is 5.52. The Morgan fingerprint density at radius 2 is 1.89 bits per heavy atom. The molecule has 0 fully saturated rings. The quantitative estimate of drug-likeness (QED) is 0.311. The number of benzene rings is 1. The van der Waals surface area contributed by atoms with E-state index in [2.05, 4.69) is 42.3 Å². The zero-order valence-electron chi connectivity index (χ0n) is 9.38. The van der Waals surface area contributed by atoms with Crippen molar-refractivity contribution in [3.05, 3.63) is 27.1 Å². The maximum absolute atomic E-state index is 12.7. The van der Waals surface area contributed by atoms with Gasteiger partial charge in [-0.1, -0.05) is 11.2 Å². The number of halogens is 5. The van der Waals surface area contributed by atoms with Gasteiger partial charge in [0.15, 0.2) is 5.84 Å². The van der Waals surface area contributed by atoms with Crippen LogP contribution in [0.25, 0.3) is 0 Å². The van der Waals surface area contributed by atoms with Gasteiger partial charge in [0.25, 0.3) is 0 Å². The molecular weight excluding hydrogens is 395 g/mol. The third kappa shape index (κ3) is 4.27. The van der Waals surface area contributed by atoms with Gasteiger partial charge in [0.1, 0.15) is 5.92 Å². The second kappa shape index (κ2) is 6.47. The van der Waals surface area contributed by atoms with Crippen molar-refractivity contribution in [2.45, 2.75) is 6.18 Å². The Morgan fingerprint density at radius 3 is 2.32 bits per heavy atom. The standard InChI is InChI=1S/C10H10Br2F3N3O/c11-6-2-1-3-7(12)8(6)17-4-5(9(16)18-19)10(13,14)15/h1-3,5,17,19H,4H2,(H2,16,18). The Labute approximate surface area is 124 Å². The molecule has 0 bridgehead atoms. The van der Waals surface area contributed by atoms with E-state index in [4.69, 9.17) is 10.9 Å². The minimum absolute atomic E-state index is 0.461. The smallest absolute Gasteiger partial charge is 0.400 e. The predicted molar refractivity (Wildman–Crippen MR) is 73.3 cm³/mol. The number of rotatable bonds is 4. The van der Waals surface area contributed by atoms with Gasteiger partial charge in [-0.3, -0.25) is 0 Å². The lowest BCUT2D eigenvalue weighted by Gasteiger charge is -2.20. The van der Waals surface area contributed by atoms with Crippen molar-refractivity contribution >= 4 is 43.4 Å². The molecular formula is C10H10Br2F3N3O. The van der Waals surface area contributed by atoms with E-state index in [1.807, 2.05) is 0 Å². The summed E-state index contributed by atoms with van der Waals surface area (Å²) in [6, 6.07) is 5.09. The lowest BCUT2D eigenvalue weighted by atomic mass is 10.1. The van der Waals surface area contributed by atoms with E-state index >= 15 is 0 Å². The first kappa shape index (κ1) is 16.1. The predicted octanol–water partition coefficient (Wildman–Crippen LogP) is 3.55. The van der Waals surface area contributed by atoms with Gasteiger partial charge in [0, 0.05) is 15.5 Å². The van der Waals surface area contributed by atoms with E-state index in [1.54, 1.807) is 18.2 Å². The molecule has 0 aliphatic rings. The van der Waals surface area contributed by atoms with Gasteiger partial charge in [-0.05, 0) is 44.0 Å². The maximum atomic E-state index is 12.7. The first-order valence-corrected chi connectivity index (χ1v) is 6.58. The zero-order valence-corrected chi connectivity index (χ0v) is 12.6. The van der Waals surface area contributed by atoms with E-state index in [-0.39, 0.29) is 0 Å². The molecule has 1 unspecified atom stereocenters. The van der Waals surface area contributed by atoms with Gasteiger partial charge < -0.3 is 16.3 Å². The normalized spacial score (nSPS) is 14.3. The van der Waals surface area contributed by atoms with Crippen LogP contribution in [0.15, 0.2) is 32.3 Å². The molecule has 1 rings (SSSR count). The molecule has 0 aromatic heterocycles. The molecule has 0 spiro atoms. The first-order chi connectivity index (χ1) is 8.77. The molecule has 0 saturated carbocycles. The van der Waals surface area contributed by atoms with E-state index in [0.29, 0.717) is 14.6 Å². The number of nitrogens with two attached hydrogens (primary N) is 1. The summed E-state index contributed by atoms with van der Waals surface area (Å²) in [5, 5.41) is 13.4. The lowest BCUT2D eigenvalue weighted by molar-refractivity contribution is -0.152. The summed E-state index contributed by atoms with van der Waals surface area (Å²) in [7, 11) is 0. The topological polar surface area (TPSA) is 70.6 Å². The number of hydrogen-bond donors (Lipinski definition) is 3. The van der Waals surface area contributed by atoms with Crippen LogP contribution < -0.4 is 11.1 Å². The molecule has 1 aromatic rings. The maximum Gasteiger partial charge on any atom is 0.400 e. The second-order valence-electron chi connectivity index (χ2n) is 3.60. The van der Waals surface area contributed by atoms with Crippen LogP contribution in [-0.4, -0.2) is 23.8 Å². The third-order valence-corrected chi connectivity index (χ3v) is 3.63. The van der Waals surface area contributed by atoms with Crippen LogP contribution in [0.5, 0.6) is 0 Å². The fourth-order valence-electron chi connectivity index (χ4n) is 1.33. The molecule has 0 aliphatic carbocycles. The second-order valence-corrected chi connectivity index (χ2v) is 5.31. The van der Waals surface area contributed by atoms with Crippen molar-refractivity contribution in [2.24, 2.45) is 16.8 Å². The molecule has 1 atom stereocenters. The average Bonchev–Trinajstić information content (AvgIpc) is 2.30. The van der Waals surface area contributed by atoms with E-state index in [9.17, 15) is 13.2 Å². The summed E-state index contributed by atoms with van der Waals surface area (Å²) < 4.78 is 39.4. The highest BCUT2D eigenvalue weighted by Crippen LogP contribution is 2.32. The van der Waals surface area contributed by atoms with Crippen LogP contribution in [0.2, 0.25) is 0 Å². The molecule has 0 saturated heterocycles. The van der Waals surface area contributed by atoms with Gasteiger partial charge >= 0.3 is 6.18 Å². The van der Waals surface area contributed by atoms with Crippen LogP contribution >= 0.6 is 31.9 Å². The molecule has 4 N–H and O–H groups in total. The first-order valence-electron chi connectivity index (χ1n) is 4.99. The number of anilines is 1. The van der Waals surface area contributed by atoms with Gasteiger partial charge in [0.2, 0.25) is 0 Å². The van der Waals surface area contributed by atoms with Crippen LogP contribution in [0, 0.1) is 5.92 Å². The summed E-state index contributed by atoms with van der Waals surface area (Å²) in [5.74, 6) is -2.96. The fourth-order valence-corrected chi connectivity index (χ4v) is 2.61. The molecule has 0 heterocycles. The van der Waals surface area contributed by atoms with Crippen molar-refractivity contribution < 1.29 is 18.4 Å². The molecule has 0 amide bonds. The molecule has 1 aromatic carbocycles. The largest absolute Gasteiger partial charge is 0.409 e. The Balaban J connectivity index is 2.89. The minimum Gasteiger partial charge on any atom is -0.409 e. The van der Waals surface area contributed by atoms with Gasteiger partial charge in [0.05, 0.1) is 5.69 Å². The van der Waals surface area contributed by atoms with Crippen molar-refractivity contribution in [1.29, 1.82) is 0 Å². The van der Waals surface area contributed by atoms with E-state index in [0.717, 1.165) is 0 Å². The number of para-hydroxylation sites is 1. The molecule has 0 aliphatic heterocycles. The van der Waals surface area contributed by atoms with E-state index in [1.165, 1.54) is 0 Å². The summed E-state index contributed by atoms with van der Waals surface area (Å²) in [4.78, 5) is 0. The summed E-state index contributed by atoms with van der Waals surface area (Å²) in [6.07, 6.45) is -4.60. The fraction of sp³-hybridized carbons (Fsp3) is 0.300. The van der Waals surface area contributed by atoms with Crippen LogP contribution in [0.4, 0.5) is 18.9 Å². The highest BCUT2D eigenvalue weighted by molar-refractivity contribution is 9.11. The highest BCUT2D eigenvalue weighted by Gasteiger charge is 2.42. The number of nitrogens with zero attached hydrogens (tertiary/aromatic N) is 1.